The van der Waals surface area contributed by atoms with Crippen LogP contribution in [0.15, 0.2) is 48.5 Å². The van der Waals surface area contributed by atoms with E-state index in [0.717, 1.165) is 53.9 Å². The highest BCUT2D eigenvalue weighted by Crippen LogP contribution is 2.31. The van der Waals surface area contributed by atoms with Gasteiger partial charge < -0.3 is 4.90 Å². The van der Waals surface area contributed by atoms with E-state index < -0.39 is 0 Å². The number of piperidine rings is 1. The molecule has 0 amide bonds. The molecule has 4 rings (SSSR count). The number of para-hydroxylation sites is 1. The molecule has 0 unspecified atom stereocenters. The van der Waals surface area contributed by atoms with Crippen molar-refractivity contribution in [2.24, 2.45) is 0 Å². The van der Waals surface area contributed by atoms with Crippen LogP contribution in [-0.4, -0.2) is 35.0 Å². The number of nitrogens with zero attached hydrogens (tertiary/aromatic N) is 3. The zero-order valence-corrected chi connectivity index (χ0v) is 13.7. The topological polar surface area (TPSA) is 29.0 Å². The number of hydrogen-bond donors (Lipinski definition) is 0. The summed E-state index contributed by atoms with van der Waals surface area (Å²) in [5.74, 6) is 1.02. The summed E-state index contributed by atoms with van der Waals surface area (Å²) >= 11 is 0. The first-order valence-corrected chi connectivity index (χ1v) is 8.42. The van der Waals surface area contributed by atoms with E-state index >= 15 is 0 Å². The third-order valence-corrected chi connectivity index (χ3v) is 4.80. The van der Waals surface area contributed by atoms with Gasteiger partial charge in [-0.25, -0.2) is 14.4 Å². The van der Waals surface area contributed by atoms with Gasteiger partial charge in [0, 0.05) is 16.9 Å². The van der Waals surface area contributed by atoms with Gasteiger partial charge in [-0.15, -0.1) is 0 Å². The second-order valence-electron chi connectivity index (χ2n) is 6.54. The maximum absolute atomic E-state index is 13.7. The summed E-state index contributed by atoms with van der Waals surface area (Å²) in [4.78, 5) is 12.0. The van der Waals surface area contributed by atoms with E-state index in [0.29, 0.717) is 5.92 Å². The van der Waals surface area contributed by atoms with Gasteiger partial charge in [-0.1, -0.05) is 30.3 Å². The Morgan fingerprint density at radius 3 is 2.58 bits per heavy atom. The normalized spacial score (nSPS) is 16.6. The number of rotatable bonds is 2. The number of fused-ring (bicyclic) bond motifs is 1. The average molecular weight is 321 g/mol. The lowest BCUT2D eigenvalue weighted by Crippen LogP contribution is -2.30. The molecule has 0 saturated carbocycles. The Bertz CT molecular complexity index is 870. The molecule has 2 heterocycles. The zero-order chi connectivity index (χ0) is 16.5. The first kappa shape index (κ1) is 15.2. The molecular weight excluding hydrogens is 301 g/mol. The monoisotopic (exact) mass is 321 g/mol. The van der Waals surface area contributed by atoms with Crippen molar-refractivity contribution in [2.45, 2.75) is 18.8 Å². The Kier molecular flexibility index (Phi) is 3.98. The predicted octanol–water partition coefficient (Wildman–Crippen LogP) is 4.25. The van der Waals surface area contributed by atoms with Gasteiger partial charge in [-0.3, -0.25) is 0 Å². The molecule has 122 valence electrons. The van der Waals surface area contributed by atoms with E-state index in [1.54, 1.807) is 12.1 Å². The first-order chi connectivity index (χ1) is 11.7. The van der Waals surface area contributed by atoms with E-state index in [9.17, 15) is 4.39 Å². The van der Waals surface area contributed by atoms with Crippen molar-refractivity contribution in [1.29, 1.82) is 0 Å². The van der Waals surface area contributed by atoms with Crippen molar-refractivity contribution in [3.63, 3.8) is 0 Å². The van der Waals surface area contributed by atoms with Crippen LogP contribution in [0.4, 0.5) is 4.39 Å². The van der Waals surface area contributed by atoms with Crippen molar-refractivity contribution in [3.05, 3.63) is 60.2 Å². The summed E-state index contributed by atoms with van der Waals surface area (Å²) in [5, 5.41) is 0.972. The molecule has 0 spiro atoms. The van der Waals surface area contributed by atoms with Gasteiger partial charge in [0.05, 0.1) is 11.2 Å². The van der Waals surface area contributed by atoms with Gasteiger partial charge in [-0.2, -0.15) is 0 Å². The number of likely N-dealkylation sites (tertiary alicyclic amines) is 1. The predicted molar refractivity (Wildman–Crippen MR) is 94.4 cm³/mol. The van der Waals surface area contributed by atoms with Gasteiger partial charge in [0.15, 0.2) is 0 Å². The van der Waals surface area contributed by atoms with E-state index in [4.69, 9.17) is 9.97 Å². The van der Waals surface area contributed by atoms with Crippen molar-refractivity contribution < 1.29 is 4.39 Å². The van der Waals surface area contributed by atoms with Crippen LogP contribution in [0.5, 0.6) is 0 Å². The zero-order valence-electron chi connectivity index (χ0n) is 13.7. The summed E-state index contributed by atoms with van der Waals surface area (Å²) < 4.78 is 13.7. The van der Waals surface area contributed by atoms with Gasteiger partial charge in [0.2, 0.25) is 0 Å². The fourth-order valence-corrected chi connectivity index (χ4v) is 3.40. The molecule has 3 aromatic rings. The van der Waals surface area contributed by atoms with Crippen LogP contribution < -0.4 is 0 Å². The fourth-order valence-electron chi connectivity index (χ4n) is 3.40. The third-order valence-electron chi connectivity index (χ3n) is 4.80. The second-order valence-corrected chi connectivity index (χ2v) is 6.54. The first-order valence-electron chi connectivity index (χ1n) is 8.42. The Hall–Kier alpha value is -2.33. The van der Waals surface area contributed by atoms with Gasteiger partial charge in [-0.05, 0) is 51.2 Å². The summed E-state index contributed by atoms with van der Waals surface area (Å²) in [5.41, 5.74) is 2.57. The molecule has 2 aromatic carbocycles. The molecule has 1 aliphatic rings. The van der Waals surface area contributed by atoms with Crippen molar-refractivity contribution in [1.82, 2.24) is 14.9 Å². The molecule has 3 nitrogen and oxygen atoms in total. The molecule has 0 aliphatic carbocycles. The van der Waals surface area contributed by atoms with Crippen molar-refractivity contribution in [3.8, 4) is 11.3 Å². The molecule has 1 aromatic heterocycles. The van der Waals surface area contributed by atoms with Gasteiger partial charge >= 0.3 is 0 Å². The fraction of sp³-hybridized carbons (Fsp3) is 0.300. The molecule has 4 heteroatoms. The van der Waals surface area contributed by atoms with E-state index in [2.05, 4.69) is 11.9 Å². The number of aromatic nitrogens is 2. The van der Waals surface area contributed by atoms with Crippen LogP contribution in [0.3, 0.4) is 0 Å². The van der Waals surface area contributed by atoms with Crippen molar-refractivity contribution in [2.75, 3.05) is 20.1 Å². The number of halogens is 1. The van der Waals surface area contributed by atoms with Crippen LogP contribution in [0.25, 0.3) is 22.2 Å². The molecule has 0 N–H and O–H groups in total. The van der Waals surface area contributed by atoms with Crippen molar-refractivity contribution >= 4 is 10.9 Å². The molecule has 0 atom stereocenters. The summed E-state index contributed by atoms with van der Waals surface area (Å²) in [7, 11) is 2.15. The molecule has 1 saturated heterocycles. The van der Waals surface area contributed by atoms with E-state index in [1.165, 1.54) is 6.07 Å². The van der Waals surface area contributed by atoms with Gasteiger partial charge in [0.25, 0.3) is 0 Å². The van der Waals surface area contributed by atoms with Crippen LogP contribution in [-0.2, 0) is 0 Å². The molecule has 0 radical (unpaired) electrons. The Labute approximate surface area is 141 Å². The minimum absolute atomic E-state index is 0.240. The quantitative estimate of drug-likeness (QED) is 0.707. The summed E-state index contributed by atoms with van der Waals surface area (Å²) in [6, 6.07) is 14.6. The van der Waals surface area contributed by atoms with Crippen LogP contribution in [0.1, 0.15) is 24.6 Å². The van der Waals surface area contributed by atoms with E-state index in [1.807, 2.05) is 30.3 Å². The Balaban J connectivity index is 1.85. The molecule has 24 heavy (non-hydrogen) atoms. The Morgan fingerprint density at radius 2 is 1.79 bits per heavy atom. The lowest BCUT2D eigenvalue weighted by Gasteiger charge is -2.28. The van der Waals surface area contributed by atoms with E-state index in [-0.39, 0.29) is 5.82 Å². The smallest absolute Gasteiger partial charge is 0.132 e. The van der Waals surface area contributed by atoms with Crippen LogP contribution >= 0.6 is 0 Å². The lowest BCUT2D eigenvalue weighted by atomic mass is 9.95. The standard InChI is InChI=1S/C20H20FN3/c1-24-11-9-14(10-12-24)20-22-18-8-3-2-7-17(18)19(23-20)15-5-4-6-16(21)13-15/h2-8,13-14H,9-12H2,1H3. The highest BCUT2D eigenvalue weighted by Gasteiger charge is 2.22. The van der Waals surface area contributed by atoms with Crippen LogP contribution in [0.2, 0.25) is 0 Å². The second kappa shape index (κ2) is 6.29. The largest absolute Gasteiger partial charge is 0.306 e. The molecular formula is C20H20FN3. The highest BCUT2D eigenvalue weighted by molar-refractivity contribution is 5.92. The van der Waals surface area contributed by atoms with Gasteiger partial charge in [0.1, 0.15) is 11.6 Å². The van der Waals surface area contributed by atoms with Crippen LogP contribution in [0, 0.1) is 5.82 Å². The Morgan fingerprint density at radius 1 is 1.00 bits per heavy atom. The maximum atomic E-state index is 13.7. The average Bonchev–Trinajstić information content (AvgIpc) is 2.61. The molecule has 0 bridgehead atoms. The maximum Gasteiger partial charge on any atom is 0.132 e. The summed E-state index contributed by atoms with van der Waals surface area (Å²) in [6.45, 7) is 2.13. The third kappa shape index (κ3) is 2.89. The summed E-state index contributed by atoms with van der Waals surface area (Å²) in [6.07, 6.45) is 2.13. The lowest BCUT2D eigenvalue weighted by molar-refractivity contribution is 0.251. The minimum atomic E-state index is -0.240. The SMILES string of the molecule is CN1CCC(c2nc(-c3cccc(F)c3)c3ccccc3n2)CC1. The molecule has 1 aliphatic heterocycles. The minimum Gasteiger partial charge on any atom is -0.306 e. The number of hydrogen-bond acceptors (Lipinski definition) is 3. The highest BCUT2D eigenvalue weighted by atomic mass is 19.1. The molecule has 1 fully saturated rings. The number of benzene rings is 2.